The van der Waals surface area contributed by atoms with Crippen molar-refractivity contribution in [2.45, 2.75) is 19.4 Å². The lowest BCUT2D eigenvalue weighted by Gasteiger charge is -2.36. The Morgan fingerprint density at radius 1 is 1.03 bits per heavy atom. The maximum Gasteiger partial charge on any atom is 0.320 e. The first-order valence-corrected chi connectivity index (χ1v) is 11.4. The summed E-state index contributed by atoms with van der Waals surface area (Å²) in [6.45, 7) is 2.41. The molecule has 10 heteroatoms. The fourth-order valence-corrected chi connectivity index (χ4v) is 3.75. The molecule has 3 rings (SSSR count). The van der Waals surface area contributed by atoms with E-state index < -0.39 is 30.5 Å². The number of amides is 3. The van der Waals surface area contributed by atoms with E-state index in [-0.39, 0.29) is 23.7 Å². The van der Waals surface area contributed by atoms with Gasteiger partial charge in [0.25, 0.3) is 5.91 Å². The highest BCUT2D eigenvalue weighted by Crippen LogP contribution is 2.16. The Kier molecular flexibility index (Phi) is 9.25. The summed E-state index contributed by atoms with van der Waals surface area (Å²) >= 11 is 0. The maximum absolute atomic E-state index is 14.9. The predicted molar refractivity (Wildman–Crippen MR) is 125 cm³/mol. The van der Waals surface area contributed by atoms with Gasteiger partial charge in [0, 0.05) is 43.9 Å². The van der Waals surface area contributed by atoms with Crippen LogP contribution in [0.4, 0.5) is 18.0 Å². The largest absolute Gasteiger partial charge is 0.344 e. The average Bonchev–Trinajstić information content (AvgIpc) is 2.86. The number of nitrogens with zero attached hydrogens (tertiary/aromatic N) is 3. The molecule has 2 aromatic carbocycles. The standard InChI is InChI=1S/C25H29F3N4O3/c1-30-11-13-31(14-12-30)25(35)32(10-9-18-5-3-2-4-6-18)17-20-8-7-19(15-21(20)26)22(33)16-29-24(34)23(27)28/h2-8,15,23H,9-14,16-17H2,1H3,(H,29,34). The van der Waals surface area contributed by atoms with Crippen molar-refractivity contribution in [3.05, 3.63) is 71.0 Å². The van der Waals surface area contributed by atoms with Crippen molar-refractivity contribution in [2.24, 2.45) is 0 Å². The summed E-state index contributed by atoms with van der Waals surface area (Å²) in [5.41, 5.74) is 1.23. The van der Waals surface area contributed by atoms with E-state index in [0.717, 1.165) is 24.7 Å². The summed E-state index contributed by atoms with van der Waals surface area (Å²) in [4.78, 5) is 41.9. The van der Waals surface area contributed by atoms with Gasteiger partial charge in [-0.3, -0.25) is 9.59 Å². The van der Waals surface area contributed by atoms with Crippen molar-refractivity contribution in [1.82, 2.24) is 20.0 Å². The zero-order valence-electron chi connectivity index (χ0n) is 19.6. The van der Waals surface area contributed by atoms with E-state index in [9.17, 15) is 27.6 Å². The van der Waals surface area contributed by atoms with Gasteiger partial charge in [0.1, 0.15) is 5.82 Å². The van der Waals surface area contributed by atoms with Gasteiger partial charge in [0.2, 0.25) is 0 Å². The molecule has 1 N–H and O–H groups in total. The predicted octanol–water partition coefficient (Wildman–Crippen LogP) is 2.80. The third-order valence-electron chi connectivity index (χ3n) is 5.92. The highest BCUT2D eigenvalue weighted by Gasteiger charge is 2.25. The van der Waals surface area contributed by atoms with E-state index in [2.05, 4.69) is 4.90 Å². The second kappa shape index (κ2) is 12.3. The van der Waals surface area contributed by atoms with Crippen molar-refractivity contribution in [3.63, 3.8) is 0 Å². The van der Waals surface area contributed by atoms with Gasteiger partial charge in [0.05, 0.1) is 13.1 Å². The maximum atomic E-state index is 14.9. The second-order valence-corrected chi connectivity index (χ2v) is 8.48. The zero-order chi connectivity index (χ0) is 25.4. The van der Waals surface area contributed by atoms with Crippen LogP contribution >= 0.6 is 0 Å². The number of benzene rings is 2. The summed E-state index contributed by atoms with van der Waals surface area (Å²) in [5, 5.41) is 1.81. The molecule has 1 saturated heterocycles. The molecule has 1 aliphatic rings. The molecule has 35 heavy (non-hydrogen) atoms. The number of ketones is 1. The topological polar surface area (TPSA) is 73.0 Å². The number of likely N-dealkylation sites (N-methyl/N-ethyl adjacent to an activating group) is 1. The summed E-state index contributed by atoms with van der Waals surface area (Å²) in [6.07, 6.45) is -2.64. The normalized spacial score (nSPS) is 14.1. The Morgan fingerprint density at radius 2 is 1.71 bits per heavy atom. The minimum absolute atomic E-state index is 0.0143. The van der Waals surface area contributed by atoms with Gasteiger partial charge < -0.3 is 20.0 Å². The number of carbonyl (C=O) groups excluding carboxylic acids is 3. The van der Waals surface area contributed by atoms with E-state index in [0.29, 0.717) is 26.1 Å². The van der Waals surface area contributed by atoms with Crippen molar-refractivity contribution in [1.29, 1.82) is 0 Å². The first-order chi connectivity index (χ1) is 16.7. The number of carbonyl (C=O) groups is 3. The Balaban J connectivity index is 1.71. The molecule has 0 aliphatic carbocycles. The summed E-state index contributed by atoms with van der Waals surface area (Å²) < 4.78 is 39.5. The first-order valence-electron chi connectivity index (χ1n) is 11.4. The molecule has 0 unspecified atom stereocenters. The van der Waals surface area contributed by atoms with Crippen LogP contribution in [0.1, 0.15) is 21.5 Å². The van der Waals surface area contributed by atoms with Gasteiger partial charge >= 0.3 is 12.5 Å². The summed E-state index contributed by atoms with van der Waals surface area (Å²) in [7, 11) is 1.99. The van der Waals surface area contributed by atoms with Gasteiger partial charge in [-0.2, -0.15) is 8.78 Å². The number of hydrogen-bond donors (Lipinski definition) is 1. The summed E-state index contributed by atoms with van der Waals surface area (Å²) in [6, 6.07) is 13.3. The van der Waals surface area contributed by atoms with E-state index >= 15 is 0 Å². The molecule has 0 bridgehead atoms. The van der Waals surface area contributed by atoms with Crippen molar-refractivity contribution in [2.75, 3.05) is 46.3 Å². The number of alkyl halides is 2. The third-order valence-corrected chi connectivity index (χ3v) is 5.92. The molecular weight excluding hydrogens is 461 g/mol. The number of Topliss-reactive ketones (excluding diaryl/α,β-unsaturated/α-hetero) is 1. The Labute approximate surface area is 202 Å². The molecule has 0 spiro atoms. The van der Waals surface area contributed by atoms with Crippen molar-refractivity contribution >= 4 is 17.7 Å². The van der Waals surface area contributed by atoms with Crippen LogP contribution in [0.25, 0.3) is 0 Å². The molecule has 7 nitrogen and oxygen atoms in total. The van der Waals surface area contributed by atoms with E-state index in [1.165, 1.54) is 12.1 Å². The van der Waals surface area contributed by atoms with Gasteiger partial charge in [-0.15, -0.1) is 0 Å². The van der Waals surface area contributed by atoms with E-state index in [4.69, 9.17) is 0 Å². The quantitative estimate of drug-likeness (QED) is 0.549. The van der Waals surface area contributed by atoms with E-state index in [1.807, 2.05) is 42.7 Å². The SMILES string of the molecule is CN1CCN(C(=O)N(CCc2ccccc2)Cc2ccc(C(=O)CNC(=O)C(F)F)cc2F)CC1. The molecule has 1 aliphatic heterocycles. The number of hydrogen-bond acceptors (Lipinski definition) is 4. The Bertz CT molecular complexity index is 1030. The highest BCUT2D eigenvalue weighted by molar-refractivity contribution is 5.99. The highest BCUT2D eigenvalue weighted by atomic mass is 19.3. The minimum Gasteiger partial charge on any atom is -0.344 e. The number of rotatable bonds is 9. The van der Waals surface area contributed by atoms with Crippen LogP contribution in [0.5, 0.6) is 0 Å². The lowest BCUT2D eigenvalue weighted by molar-refractivity contribution is -0.131. The van der Waals surface area contributed by atoms with Crippen LogP contribution in [-0.4, -0.2) is 85.2 Å². The zero-order valence-corrected chi connectivity index (χ0v) is 19.6. The van der Waals surface area contributed by atoms with Crippen LogP contribution in [0, 0.1) is 5.82 Å². The van der Waals surface area contributed by atoms with Crippen LogP contribution in [0.15, 0.2) is 48.5 Å². The molecule has 1 heterocycles. The molecule has 0 aromatic heterocycles. The fourth-order valence-electron chi connectivity index (χ4n) is 3.75. The van der Waals surface area contributed by atoms with Crippen LogP contribution in [-0.2, 0) is 17.8 Å². The van der Waals surface area contributed by atoms with Crippen molar-refractivity contribution in [3.8, 4) is 0 Å². The molecule has 3 amide bonds. The van der Waals surface area contributed by atoms with Gasteiger partial charge in [0.15, 0.2) is 5.78 Å². The monoisotopic (exact) mass is 490 g/mol. The number of urea groups is 1. The van der Waals surface area contributed by atoms with Crippen LogP contribution in [0.3, 0.4) is 0 Å². The lowest BCUT2D eigenvalue weighted by Crippen LogP contribution is -2.52. The van der Waals surface area contributed by atoms with E-state index in [1.54, 1.807) is 9.80 Å². The number of piperazine rings is 1. The first kappa shape index (κ1) is 26.2. The molecular formula is C25H29F3N4O3. The minimum atomic E-state index is -3.23. The third kappa shape index (κ3) is 7.54. The fraction of sp³-hybridized carbons (Fsp3) is 0.400. The van der Waals surface area contributed by atoms with Gasteiger partial charge in [-0.05, 0) is 25.1 Å². The van der Waals surface area contributed by atoms with Crippen LogP contribution < -0.4 is 5.32 Å². The Hall–Kier alpha value is -3.40. The smallest absolute Gasteiger partial charge is 0.320 e. The Morgan fingerprint density at radius 3 is 2.34 bits per heavy atom. The molecule has 2 aromatic rings. The average molecular weight is 491 g/mol. The van der Waals surface area contributed by atoms with Crippen LogP contribution in [0.2, 0.25) is 0 Å². The lowest BCUT2D eigenvalue weighted by atomic mass is 10.1. The second-order valence-electron chi connectivity index (χ2n) is 8.48. The molecule has 0 atom stereocenters. The molecule has 188 valence electrons. The van der Waals surface area contributed by atoms with Gasteiger partial charge in [-0.25, -0.2) is 9.18 Å². The molecule has 0 radical (unpaired) electrons. The number of nitrogens with one attached hydrogen (secondary N) is 1. The van der Waals surface area contributed by atoms with Gasteiger partial charge in [-0.1, -0.05) is 42.5 Å². The summed E-state index contributed by atoms with van der Waals surface area (Å²) in [5.74, 6) is -2.95. The molecule has 0 saturated carbocycles. The number of halogens is 3. The molecule has 1 fully saturated rings. The van der Waals surface area contributed by atoms with Crippen molar-refractivity contribution < 1.29 is 27.6 Å².